The zero-order valence-electron chi connectivity index (χ0n) is 22.3. The summed E-state index contributed by atoms with van der Waals surface area (Å²) in [5.74, 6) is 0.222. The number of amides is 1. The highest BCUT2D eigenvalue weighted by Crippen LogP contribution is 2.23. The Hall–Kier alpha value is -4.21. The van der Waals surface area contributed by atoms with Gasteiger partial charge in [-0.3, -0.25) is 9.69 Å². The second kappa shape index (κ2) is 13.0. The molecule has 1 saturated heterocycles. The number of nitrogens with zero attached hydrogens (tertiary/aromatic N) is 5. The van der Waals surface area contributed by atoms with E-state index >= 15 is 0 Å². The average Bonchev–Trinajstić information content (AvgIpc) is 3.57. The summed E-state index contributed by atoms with van der Waals surface area (Å²) in [4.78, 5) is 22.4. The van der Waals surface area contributed by atoms with Crippen LogP contribution in [0.25, 0.3) is 0 Å². The van der Waals surface area contributed by atoms with Crippen LogP contribution in [0.4, 0.5) is 0 Å². The van der Waals surface area contributed by atoms with Crippen molar-refractivity contribution >= 4 is 5.91 Å². The van der Waals surface area contributed by atoms with Crippen LogP contribution >= 0.6 is 0 Å². The van der Waals surface area contributed by atoms with Crippen molar-refractivity contribution in [2.45, 2.75) is 51.4 Å². The summed E-state index contributed by atoms with van der Waals surface area (Å²) in [6.07, 6.45) is 7.78. The smallest absolute Gasteiger partial charge is 0.240 e. The quantitative estimate of drug-likeness (QED) is 0.235. The Morgan fingerprint density at radius 2 is 1.56 bits per heavy atom. The molecule has 198 valence electrons. The first-order chi connectivity index (χ1) is 19.2. The number of carbonyl (C=O) groups is 1. The van der Waals surface area contributed by atoms with Gasteiger partial charge in [0.05, 0.1) is 29.7 Å². The molecule has 0 unspecified atom stereocenters. The summed E-state index contributed by atoms with van der Waals surface area (Å²) in [6.45, 7) is 3.67. The molecule has 0 spiro atoms. The molecule has 0 N–H and O–H groups in total. The van der Waals surface area contributed by atoms with Crippen molar-refractivity contribution < 1.29 is 4.79 Å². The van der Waals surface area contributed by atoms with Gasteiger partial charge in [0.15, 0.2) is 0 Å². The van der Waals surface area contributed by atoms with E-state index in [4.69, 9.17) is 5.26 Å². The largest absolute Gasteiger partial charge is 0.337 e. The van der Waals surface area contributed by atoms with E-state index in [-0.39, 0.29) is 11.9 Å². The van der Waals surface area contributed by atoms with Crippen LogP contribution in [0.1, 0.15) is 47.2 Å². The molecule has 0 aliphatic carbocycles. The summed E-state index contributed by atoms with van der Waals surface area (Å²) >= 11 is 0. The number of hydrogen-bond donors (Lipinski definition) is 0. The maximum Gasteiger partial charge on any atom is 0.240 e. The minimum absolute atomic E-state index is 0.122. The van der Waals surface area contributed by atoms with Crippen LogP contribution < -0.4 is 0 Å². The Labute approximate surface area is 231 Å². The van der Waals surface area contributed by atoms with Gasteiger partial charge in [-0.1, -0.05) is 72.8 Å². The maximum absolute atomic E-state index is 13.6. The van der Waals surface area contributed by atoms with Gasteiger partial charge in [-0.25, -0.2) is 4.98 Å². The lowest BCUT2D eigenvalue weighted by Crippen LogP contribution is -2.42. The highest BCUT2D eigenvalue weighted by Gasteiger charge is 2.36. The van der Waals surface area contributed by atoms with Gasteiger partial charge in [-0.15, -0.1) is 0 Å². The fraction of sp³-hybridized carbons (Fsp3) is 0.303. The van der Waals surface area contributed by atoms with Crippen LogP contribution in [0.5, 0.6) is 0 Å². The Bertz CT molecular complexity index is 1380. The van der Waals surface area contributed by atoms with E-state index in [0.29, 0.717) is 25.2 Å². The second-order valence-electron chi connectivity index (χ2n) is 10.3. The molecule has 0 bridgehead atoms. The third kappa shape index (κ3) is 7.01. The lowest BCUT2D eigenvalue weighted by atomic mass is 10.1. The van der Waals surface area contributed by atoms with Crippen LogP contribution in [0.3, 0.4) is 0 Å². The molecule has 1 aliphatic heterocycles. The third-order valence-electron chi connectivity index (χ3n) is 7.53. The molecule has 4 aromatic rings. The van der Waals surface area contributed by atoms with Gasteiger partial charge in [-0.2, -0.15) is 5.26 Å². The first-order valence-corrected chi connectivity index (χ1v) is 13.8. The van der Waals surface area contributed by atoms with Crippen LogP contribution in [0.15, 0.2) is 97.5 Å². The molecule has 3 aromatic carbocycles. The molecular weight excluding hydrogens is 482 g/mol. The van der Waals surface area contributed by atoms with Crippen LogP contribution in [-0.4, -0.2) is 44.4 Å². The number of rotatable bonds is 12. The van der Waals surface area contributed by atoms with Gasteiger partial charge < -0.3 is 9.47 Å². The van der Waals surface area contributed by atoms with Crippen molar-refractivity contribution in [1.82, 2.24) is 19.4 Å². The molecule has 1 atom stereocenters. The molecule has 39 heavy (non-hydrogen) atoms. The number of likely N-dealkylation sites (tertiary alicyclic amines) is 1. The molecule has 1 aliphatic rings. The van der Waals surface area contributed by atoms with E-state index in [1.807, 2.05) is 59.9 Å². The fourth-order valence-electron chi connectivity index (χ4n) is 5.37. The zero-order chi connectivity index (χ0) is 26.9. The SMILES string of the molecule is N#Cc1ccc(Cn2cncc2CN(CCCCc2ccccc2)[C@H]2CCN(Cc3ccccc3)C2=O)cc1. The summed E-state index contributed by atoms with van der Waals surface area (Å²) in [7, 11) is 0. The average molecular weight is 518 g/mol. The minimum atomic E-state index is -0.122. The fourth-order valence-corrected chi connectivity index (χ4v) is 5.37. The number of benzene rings is 3. The molecule has 6 heteroatoms. The van der Waals surface area contributed by atoms with Gasteiger partial charge in [0.25, 0.3) is 0 Å². The monoisotopic (exact) mass is 517 g/mol. The Morgan fingerprint density at radius 3 is 2.28 bits per heavy atom. The van der Waals surface area contributed by atoms with Crippen LogP contribution in [-0.2, 0) is 30.8 Å². The molecule has 6 nitrogen and oxygen atoms in total. The molecule has 0 radical (unpaired) electrons. The lowest BCUT2D eigenvalue weighted by Gasteiger charge is -2.28. The summed E-state index contributed by atoms with van der Waals surface area (Å²) in [5, 5.41) is 9.11. The van der Waals surface area contributed by atoms with Crippen molar-refractivity contribution in [3.8, 4) is 6.07 Å². The zero-order valence-corrected chi connectivity index (χ0v) is 22.3. The number of aryl methyl sites for hydroxylation is 1. The second-order valence-corrected chi connectivity index (χ2v) is 10.3. The van der Waals surface area contributed by atoms with Gasteiger partial charge >= 0.3 is 0 Å². The Kier molecular flexibility index (Phi) is 8.82. The van der Waals surface area contributed by atoms with Crippen molar-refractivity contribution in [3.63, 3.8) is 0 Å². The minimum Gasteiger partial charge on any atom is -0.337 e. The highest BCUT2D eigenvalue weighted by molar-refractivity contribution is 5.84. The highest BCUT2D eigenvalue weighted by atomic mass is 16.2. The van der Waals surface area contributed by atoms with Gasteiger partial charge in [0.2, 0.25) is 5.91 Å². The normalized spacial score (nSPS) is 15.1. The molecule has 0 saturated carbocycles. The maximum atomic E-state index is 13.6. The van der Waals surface area contributed by atoms with E-state index < -0.39 is 0 Å². The van der Waals surface area contributed by atoms with E-state index in [0.717, 1.165) is 50.0 Å². The number of unbranched alkanes of at least 4 members (excludes halogenated alkanes) is 1. The molecular formula is C33H35N5O. The first kappa shape index (κ1) is 26.4. The van der Waals surface area contributed by atoms with Crippen molar-refractivity contribution in [2.75, 3.05) is 13.1 Å². The first-order valence-electron chi connectivity index (χ1n) is 13.8. The summed E-state index contributed by atoms with van der Waals surface area (Å²) in [6, 6.07) is 30.6. The topological polar surface area (TPSA) is 65.2 Å². The van der Waals surface area contributed by atoms with Gasteiger partial charge in [0, 0.05) is 32.4 Å². The van der Waals surface area contributed by atoms with Gasteiger partial charge in [0.1, 0.15) is 0 Å². The van der Waals surface area contributed by atoms with Crippen molar-refractivity contribution in [2.24, 2.45) is 0 Å². The van der Waals surface area contributed by atoms with E-state index in [9.17, 15) is 4.79 Å². The summed E-state index contributed by atoms with van der Waals surface area (Å²) in [5.41, 5.74) is 5.40. The number of hydrogen-bond acceptors (Lipinski definition) is 4. The Morgan fingerprint density at radius 1 is 0.872 bits per heavy atom. The van der Waals surface area contributed by atoms with Crippen molar-refractivity contribution in [3.05, 3.63) is 125 Å². The third-order valence-corrected chi connectivity index (χ3v) is 7.53. The molecule has 5 rings (SSSR count). The molecule has 1 fully saturated rings. The number of nitriles is 1. The van der Waals surface area contributed by atoms with Crippen LogP contribution in [0, 0.1) is 11.3 Å². The van der Waals surface area contributed by atoms with E-state index in [2.05, 4.69) is 63.0 Å². The predicted molar refractivity (Wildman–Crippen MR) is 153 cm³/mol. The van der Waals surface area contributed by atoms with Crippen molar-refractivity contribution in [1.29, 1.82) is 5.26 Å². The molecule has 1 amide bonds. The standard InChI is InChI=1S/C33H35N5O/c34-21-28-14-16-30(17-15-28)24-38-26-35-22-31(38)25-36(19-8-7-11-27-9-3-1-4-10-27)32-18-20-37(33(32)39)23-29-12-5-2-6-13-29/h1-6,9-10,12-17,22,26,32H,7-8,11,18-20,23-25H2/t32-/m0/s1. The molecule has 1 aromatic heterocycles. The molecule has 2 heterocycles. The Balaban J connectivity index is 1.27. The predicted octanol–water partition coefficient (Wildman–Crippen LogP) is 5.43. The lowest BCUT2D eigenvalue weighted by molar-refractivity contribution is -0.132. The van der Waals surface area contributed by atoms with Crippen LogP contribution in [0.2, 0.25) is 0 Å². The van der Waals surface area contributed by atoms with Gasteiger partial charge in [-0.05, 0) is 61.1 Å². The number of aromatic nitrogens is 2. The number of imidazole rings is 1. The summed E-state index contributed by atoms with van der Waals surface area (Å²) < 4.78 is 2.15. The van der Waals surface area contributed by atoms with E-state index in [1.54, 1.807) is 0 Å². The van der Waals surface area contributed by atoms with E-state index in [1.165, 1.54) is 11.1 Å². The number of carbonyl (C=O) groups excluding carboxylic acids is 1.